The van der Waals surface area contributed by atoms with Crippen molar-refractivity contribution < 1.29 is 5.11 Å². The number of benzene rings is 1. The number of hydrogen-bond donors (Lipinski definition) is 1. The summed E-state index contributed by atoms with van der Waals surface area (Å²) in [4.78, 5) is 2.58. The highest BCUT2D eigenvalue weighted by Crippen LogP contribution is 2.56. The van der Waals surface area contributed by atoms with Gasteiger partial charge in [-0.3, -0.25) is 4.90 Å². The van der Waals surface area contributed by atoms with Crippen LogP contribution in [0.25, 0.3) is 0 Å². The molecule has 2 fully saturated rings. The first-order chi connectivity index (χ1) is 10.7. The van der Waals surface area contributed by atoms with Crippen LogP contribution in [0.2, 0.25) is 0 Å². The van der Waals surface area contributed by atoms with Crippen molar-refractivity contribution >= 4 is 0 Å². The molecule has 0 aromatic heterocycles. The minimum atomic E-state index is 0.290. The van der Waals surface area contributed by atoms with Gasteiger partial charge in [0.15, 0.2) is 0 Å². The molecule has 116 valence electrons. The maximum Gasteiger partial charge on any atom is 0.115 e. The van der Waals surface area contributed by atoms with E-state index < -0.39 is 0 Å². The average Bonchev–Trinajstić information content (AvgIpc) is 2.55. The van der Waals surface area contributed by atoms with Crippen LogP contribution in [0.1, 0.15) is 49.7 Å². The van der Waals surface area contributed by atoms with Gasteiger partial charge in [0.2, 0.25) is 0 Å². The van der Waals surface area contributed by atoms with Gasteiger partial charge >= 0.3 is 0 Å². The number of fused-ring (bicyclic) bond motifs is 1. The molecule has 1 heterocycles. The molecule has 0 radical (unpaired) electrons. The van der Waals surface area contributed by atoms with Gasteiger partial charge in [0.05, 0.1) is 6.07 Å². The molecule has 0 spiro atoms. The molecule has 2 bridgehead atoms. The zero-order chi connectivity index (χ0) is 15.2. The highest BCUT2D eigenvalue weighted by Gasteiger charge is 2.53. The number of hydrogen-bond acceptors (Lipinski definition) is 3. The smallest absolute Gasteiger partial charge is 0.115 e. The first-order valence-electron chi connectivity index (χ1n) is 8.68. The lowest BCUT2D eigenvalue weighted by molar-refractivity contribution is -0.0101. The molecule has 1 aromatic carbocycles. The van der Waals surface area contributed by atoms with Crippen LogP contribution in [-0.4, -0.2) is 29.1 Å². The lowest BCUT2D eigenvalue weighted by atomic mass is 9.52. The van der Waals surface area contributed by atoms with Crippen molar-refractivity contribution in [1.29, 1.82) is 5.26 Å². The summed E-state index contributed by atoms with van der Waals surface area (Å²) in [6, 6.07) is 8.94. The van der Waals surface area contributed by atoms with Gasteiger partial charge < -0.3 is 5.11 Å². The van der Waals surface area contributed by atoms with Crippen molar-refractivity contribution in [2.75, 3.05) is 13.1 Å². The Morgan fingerprint density at radius 2 is 2.23 bits per heavy atom. The molecule has 1 saturated heterocycles. The fraction of sp³-hybridized carbons (Fsp3) is 0.632. The first kappa shape index (κ1) is 14.1. The summed E-state index contributed by atoms with van der Waals surface area (Å²) in [5.74, 6) is 1.13. The number of phenols is 1. The molecular formula is C19H24N2O. The fourth-order valence-corrected chi connectivity index (χ4v) is 5.54. The summed E-state index contributed by atoms with van der Waals surface area (Å²) in [7, 11) is 0. The Hall–Kier alpha value is -1.53. The zero-order valence-corrected chi connectivity index (χ0v) is 13.1. The van der Waals surface area contributed by atoms with E-state index in [2.05, 4.69) is 23.1 Å². The largest absolute Gasteiger partial charge is 0.508 e. The Morgan fingerprint density at radius 1 is 1.32 bits per heavy atom. The number of piperidine rings is 1. The molecule has 22 heavy (non-hydrogen) atoms. The standard InChI is InChI=1S/C19H24N2O/c20-9-3-10-21-11-8-19-7-2-1-4-16(19)18(21)12-14-5-6-15(22)13-17(14)19/h5-6,13,16,18,22H,1-4,7-8,10-12H2/t16-,18+,19+/m0/s1. The summed E-state index contributed by atoms with van der Waals surface area (Å²) in [5, 5.41) is 18.9. The Kier molecular flexibility index (Phi) is 3.38. The molecule has 3 heteroatoms. The predicted molar refractivity (Wildman–Crippen MR) is 85.7 cm³/mol. The van der Waals surface area contributed by atoms with Gasteiger partial charge in [0, 0.05) is 24.4 Å². The zero-order valence-electron chi connectivity index (χ0n) is 13.1. The van der Waals surface area contributed by atoms with E-state index in [1.807, 2.05) is 6.07 Å². The molecule has 2 aliphatic carbocycles. The number of aromatic hydroxyl groups is 1. The molecule has 1 aliphatic heterocycles. The maximum absolute atomic E-state index is 9.99. The van der Waals surface area contributed by atoms with Crippen molar-refractivity contribution in [3.8, 4) is 11.8 Å². The van der Waals surface area contributed by atoms with Crippen LogP contribution in [0, 0.1) is 17.2 Å². The van der Waals surface area contributed by atoms with E-state index in [9.17, 15) is 5.11 Å². The minimum Gasteiger partial charge on any atom is -0.508 e. The molecular weight excluding hydrogens is 272 g/mol. The normalized spacial score (nSPS) is 33.6. The van der Waals surface area contributed by atoms with Gasteiger partial charge in [0.25, 0.3) is 0 Å². The van der Waals surface area contributed by atoms with E-state index in [1.54, 1.807) is 0 Å². The van der Waals surface area contributed by atoms with Crippen LogP contribution in [-0.2, 0) is 11.8 Å². The third kappa shape index (κ3) is 1.97. The summed E-state index contributed by atoms with van der Waals surface area (Å²) in [6.07, 6.45) is 8.15. The second-order valence-electron chi connectivity index (χ2n) is 7.32. The molecule has 1 aromatic rings. The van der Waals surface area contributed by atoms with Gasteiger partial charge in [-0.15, -0.1) is 0 Å². The van der Waals surface area contributed by atoms with Crippen molar-refractivity contribution in [1.82, 2.24) is 4.90 Å². The van der Waals surface area contributed by atoms with Crippen LogP contribution >= 0.6 is 0 Å². The van der Waals surface area contributed by atoms with E-state index in [1.165, 1.54) is 43.2 Å². The molecule has 3 atom stereocenters. The SMILES string of the molecule is N#CCCN1CC[C@]23CCCC[C@H]2[C@H]1Cc1ccc(O)cc13. The Labute approximate surface area is 132 Å². The van der Waals surface area contributed by atoms with Gasteiger partial charge in [-0.25, -0.2) is 0 Å². The van der Waals surface area contributed by atoms with Crippen molar-refractivity contribution in [2.45, 2.75) is 56.4 Å². The number of rotatable bonds is 2. The number of nitriles is 1. The number of phenolic OH excluding ortho intramolecular Hbond substituents is 1. The van der Waals surface area contributed by atoms with Gasteiger partial charge in [-0.2, -0.15) is 5.26 Å². The molecule has 1 saturated carbocycles. The summed E-state index contributed by atoms with van der Waals surface area (Å²) in [6.45, 7) is 2.03. The number of likely N-dealkylation sites (tertiary alicyclic amines) is 1. The topological polar surface area (TPSA) is 47.3 Å². The third-order valence-corrected chi connectivity index (χ3v) is 6.45. The highest BCUT2D eigenvalue weighted by atomic mass is 16.3. The lowest BCUT2D eigenvalue weighted by Gasteiger charge is -2.59. The van der Waals surface area contributed by atoms with Crippen molar-refractivity contribution in [3.05, 3.63) is 29.3 Å². The number of nitrogens with zero attached hydrogens (tertiary/aromatic N) is 2. The summed E-state index contributed by atoms with van der Waals surface area (Å²) in [5.41, 5.74) is 3.16. The highest BCUT2D eigenvalue weighted by molar-refractivity contribution is 5.45. The minimum absolute atomic E-state index is 0.290. The molecule has 3 aliphatic rings. The first-order valence-corrected chi connectivity index (χ1v) is 8.68. The Bertz CT molecular complexity index is 620. The second-order valence-corrected chi connectivity index (χ2v) is 7.32. The van der Waals surface area contributed by atoms with Crippen LogP contribution < -0.4 is 0 Å². The van der Waals surface area contributed by atoms with E-state index in [0.717, 1.165) is 19.5 Å². The summed E-state index contributed by atoms with van der Waals surface area (Å²) < 4.78 is 0. The van der Waals surface area contributed by atoms with Gasteiger partial charge in [-0.1, -0.05) is 18.9 Å². The molecule has 4 rings (SSSR count). The third-order valence-electron chi connectivity index (χ3n) is 6.45. The summed E-state index contributed by atoms with van der Waals surface area (Å²) >= 11 is 0. The van der Waals surface area contributed by atoms with Gasteiger partial charge in [-0.05, 0) is 61.4 Å². The fourth-order valence-electron chi connectivity index (χ4n) is 5.54. The second kappa shape index (κ2) is 5.28. The van der Waals surface area contributed by atoms with Crippen LogP contribution in [0.15, 0.2) is 18.2 Å². The quantitative estimate of drug-likeness (QED) is 0.910. The van der Waals surface area contributed by atoms with Crippen molar-refractivity contribution in [3.63, 3.8) is 0 Å². The van der Waals surface area contributed by atoms with Crippen LogP contribution in [0.3, 0.4) is 0 Å². The predicted octanol–water partition coefficient (Wildman–Crippen LogP) is 3.36. The molecule has 3 nitrogen and oxygen atoms in total. The maximum atomic E-state index is 9.99. The monoisotopic (exact) mass is 296 g/mol. The average molecular weight is 296 g/mol. The Morgan fingerprint density at radius 3 is 3.09 bits per heavy atom. The van der Waals surface area contributed by atoms with E-state index in [0.29, 0.717) is 29.5 Å². The Balaban J connectivity index is 1.77. The molecule has 1 N–H and O–H groups in total. The van der Waals surface area contributed by atoms with Crippen LogP contribution in [0.4, 0.5) is 0 Å². The lowest BCUT2D eigenvalue weighted by Crippen LogP contribution is -2.60. The van der Waals surface area contributed by atoms with Crippen LogP contribution in [0.5, 0.6) is 5.75 Å². The van der Waals surface area contributed by atoms with E-state index >= 15 is 0 Å². The molecule has 0 amide bonds. The van der Waals surface area contributed by atoms with Crippen molar-refractivity contribution in [2.24, 2.45) is 5.92 Å². The van der Waals surface area contributed by atoms with E-state index in [-0.39, 0.29) is 0 Å². The van der Waals surface area contributed by atoms with Gasteiger partial charge in [0.1, 0.15) is 5.75 Å². The van der Waals surface area contributed by atoms with E-state index in [4.69, 9.17) is 5.26 Å². The molecule has 0 unspecified atom stereocenters.